The molecule has 0 aliphatic heterocycles. The Labute approximate surface area is 120 Å². The Bertz CT molecular complexity index is 632. The van der Waals surface area contributed by atoms with E-state index in [2.05, 4.69) is 45.2 Å². The standard InChI is InChI=1S/C13H15N5OS/c1-10(12-5-3-9-20-12)14-6-7-18-16-13(15-17-18)11-4-2-8-19-11/h2-5,8-10,14H,6-7H2,1H3. The van der Waals surface area contributed by atoms with E-state index in [-0.39, 0.29) is 0 Å². The Hall–Kier alpha value is -1.99. The molecule has 20 heavy (non-hydrogen) atoms. The second-order valence-corrected chi connectivity index (χ2v) is 5.36. The first-order chi connectivity index (χ1) is 9.83. The summed E-state index contributed by atoms with van der Waals surface area (Å²) >= 11 is 1.75. The number of aromatic nitrogens is 4. The van der Waals surface area contributed by atoms with Gasteiger partial charge in [-0.15, -0.1) is 21.5 Å². The van der Waals surface area contributed by atoms with Gasteiger partial charge in [0.15, 0.2) is 5.76 Å². The maximum atomic E-state index is 5.23. The Kier molecular flexibility index (Phi) is 3.89. The highest BCUT2D eigenvalue weighted by Crippen LogP contribution is 2.17. The van der Waals surface area contributed by atoms with Gasteiger partial charge in [-0.1, -0.05) is 6.07 Å². The summed E-state index contributed by atoms with van der Waals surface area (Å²) in [5, 5.41) is 17.8. The molecule has 3 aromatic rings. The van der Waals surface area contributed by atoms with Gasteiger partial charge in [-0.3, -0.25) is 0 Å². The van der Waals surface area contributed by atoms with Gasteiger partial charge in [0.05, 0.1) is 12.8 Å². The van der Waals surface area contributed by atoms with Crippen LogP contribution in [0.4, 0.5) is 0 Å². The van der Waals surface area contributed by atoms with E-state index in [0.717, 1.165) is 6.54 Å². The highest BCUT2D eigenvalue weighted by molar-refractivity contribution is 7.10. The van der Waals surface area contributed by atoms with Crippen LogP contribution in [0, 0.1) is 0 Å². The minimum absolute atomic E-state index is 0.336. The average molecular weight is 289 g/mol. The topological polar surface area (TPSA) is 68.8 Å². The van der Waals surface area contributed by atoms with Crippen molar-refractivity contribution in [2.45, 2.75) is 19.5 Å². The second-order valence-electron chi connectivity index (χ2n) is 4.38. The first-order valence-electron chi connectivity index (χ1n) is 6.41. The third-order valence-electron chi connectivity index (χ3n) is 2.93. The lowest BCUT2D eigenvalue weighted by atomic mass is 10.3. The molecule has 104 valence electrons. The lowest BCUT2D eigenvalue weighted by Crippen LogP contribution is -2.23. The zero-order chi connectivity index (χ0) is 13.8. The van der Waals surface area contributed by atoms with E-state index < -0.39 is 0 Å². The third-order valence-corrected chi connectivity index (χ3v) is 3.98. The number of nitrogens with one attached hydrogen (secondary N) is 1. The van der Waals surface area contributed by atoms with Gasteiger partial charge in [0.25, 0.3) is 0 Å². The fourth-order valence-electron chi connectivity index (χ4n) is 1.86. The van der Waals surface area contributed by atoms with E-state index in [1.807, 2.05) is 6.07 Å². The molecule has 1 atom stereocenters. The number of hydrogen-bond acceptors (Lipinski definition) is 6. The summed E-state index contributed by atoms with van der Waals surface area (Å²) in [5.41, 5.74) is 0. The lowest BCUT2D eigenvalue weighted by Gasteiger charge is -2.10. The smallest absolute Gasteiger partial charge is 0.240 e. The van der Waals surface area contributed by atoms with Crippen LogP contribution >= 0.6 is 11.3 Å². The molecule has 0 spiro atoms. The van der Waals surface area contributed by atoms with Gasteiger partial charge in [0, 0.05) is 17.5 Å². The summed E-state index contributed by atoms with van der Waals surface area (Å²) < 4.78 is 5.23. The van der Waals surface area contributed by atoms with Crippen LogP contribution in [0.5, 0.6) is 0 Å². The van der Waals surface area contributed by atoms with Gasteiger partial charge in [0.1, 0.15) is 0 Å². The van der Waals surface area contributed by atoms with E-state index >= 15 is 0 Å². The van der Waals surface area contributed by atoms with Crippen LogP contribution in [-0.4, -0.2) is 26.8 Å². The molecule has 0 fully saturated rings. The van der Waals surface area contributed by atoms with Crippen molar-refractivity contribution in [3.05, 3.63) is 40.8 Å². The predicted molar refractivity (Wildman–Crippen MR) is 76.3 cm³/mol. The first kappa shape index (κ1) is 13.0. The van der Waals surface area contributed by atoms with E-state index in [9.17, 15) is 0 Å². The van der Waals surface area contributed by atoms with Crippen molar-refractivity contribution in [2.24, 2.45) is 0 Å². The highest BCUT2D eigenvalue weighted by Gasteiger charge is 2.09. The number of rotatable bonds is 6. The molecule has 0 saturated carbocycles. The zero-order valence-electron chi connectivity index (χ0n) is 11.1. The lowest BCUT2D eigenvalue weighted by molar-refractivity contribution is 0.467. The largest absolute Gasteiger partial charge is 0.461 e. The number of hydrogen-bond donors (Lipinski definition) is 1. The molecule has 0 amide bonds. The second kappa shape index (κ2) is 5.98. The molecule has 0 aliphatic carbocycles. The molecule has 3 rings (SSSR count). The summed E-state index contributed by atoms with van der Waals surface area (Å²) in [6.45, 7) is 3.60. The van der Waals surface area contributed by atoms with Gasteiger partial charge < -0.3 is 9.73 Å². The van der Waals surface area contributed by atoms with Crippen molar-refractivity contribution in [3.63, 3.8) is 0 Å². The zero-order valence-corrected chi connectivity index (χ0v) is 11.9. The first-order valence-corrected chi connectivity index (χ1v) is 7.29. The molecule has 6 nitrogen and oxygen atoms in total. The summed E-state index contributed by atoms with van der Waals surface area (Å²) in [7, 11) is 0. The SMILES string of the molecule is CC(NCCn1nnc(-c2ccco2)n1)c1cccs1. The van der Waals surface area contributed by atoms with Crippen molar-refractivity contribution >= 4 is 11.3 Å². The summed E-state index contributed by atoms with van der Waals surface area (Å²) in [4.78, 5) is 2.90. The van der Waals surface area contributed by atoms with E-state index in [1.165, 1.54) is 4.88 Å². The monoisotopic (exact) mass is 289 g/mol. The minimum atomic E-state index is 0.336. The molecule has 3 aromatic heterocycles. The maximum Gasteiger partial charge on any atom is 0.240 e. The van der Waals surface area contributed by atoms with Crippen LogP contribution in [0.25, 0.3) is 11.6 Å². The Balaban J connectivity index is 1.52. The molecule has 0 radical (unpaired) electrons. The van der Waals surface area contributed by atoms with Crippen LogP contribution in [0.1, 0.15) is 17.8 Å². The molecule has 7 heteroatoms. The molecular formula is C13H15N5OS. The predicted octanol–water partition coefficient (Wildman–Crippen LogP) is 2.35. The van der Waals surface area contributed by atoms with Crippen LogP contribution in [0.15, 0.2) is 40.3 Å². The van der Waals surface area contributed by atoms with Crippen molar-refractivity contribution in [2.75, 3.05) is 6.54 Å². The Morgan fingerprint density at radius 2 is 2.35 bits per heavy atom. The molecule has 1 unspecified atom stereocenters. The number of furan rings is 1. The van der Waals surface area contributed by atoms with Crippen molar-refractivity contribution in [1.82, 2.24) is 25.5 Å². The molecule has 3 heterocycles. The minimum Gasteiger partial charge on any atom is -0.461 e. The van der Waals surface area contributed by atoms with Gasteiger partial charge >= 0.3 is 0 Å². The molecule has 0 bridgehead atoms. The van der Waals surface area contributed by atoms with Crippen molar-refractivity contribution < 1.29 is 4.42 Å². The average Bonchev–Trinajstić information content (AvgIpc) is 3.20. The fourth-order valence-corrected chi connectivity index (χ4v) is 2.62. The molecule has 1 N–H and O–H groups in total. The third kappa shape index (κ3) is 2.94. The van der Waals surface area contributed by atoms with Crippen LogP contribution < -0.4 is 5.32 Å². The van der Waals surface area contributed by atoms with E-state index in [4.69, 9.17) is 4.42 Å². The van der Waals surface area contributed by atoms with E-state index in [1.54, 1.807) is 28.5 Å². The van der Waals surface area contributed by atoms with Gasteiger partial charge in [-0.05, 0) is 35.7 Å². The van der Waals surface area contributed by atoms with Crippen molar-refractivity contribution in [3.8, 4) is 11.6 Å². The molecular weight excluding hydrogens is 274 g/mol. The van der Waals surface area contributed by atoms with Gasteiger partial charge in [-0.25, -0.2) is 0 Å². The van der Waals surface area contributed by atoms with Crippen LogP contribution in [-0.2, 0) is 6.54 Å². The Morgan fingerprint density at radius 3 is 3.10 bits per heavy atom. The number of thiophene rings is 1. The maximum absolute atomic E-state index is 5.23. The molecule has 0 aromatic carbocycles. The highest BCUT2D eigenvalue weighted by atomic mass is 32.1. The fraction of sp³-hybridized carbons (Fsp3) is 0.308. The molecule has 0 aliphatic rings. The van der Waals surface area contributed by atoms with Crippen LogP contribution in [0.3, 0.4) is 0 Å². The van der Waals surface area contributed by atoms with Crippen molar-refractivity contribution in [1.29, 1.82) is 0 Å². The Morgan fingerprint density at radius 1 is 1.40 bits per heavy atom. The summed E-state index contributed by atoms with van der Waals surface area (Å²) in [5.74, 6) is 1.15. The number of tetrazole rings is 1. The quantitative estimate of drug-likeness (QED) is 0.754. The van der Waals surface area contributed by atoms with Crippen LogP contribution in [0.2, 0.25) is 0 Å². The number of nitrogens with zero attached hydrogens (tertiary/aromatic N) is 4. The van der Waals surface area contributed by atoms with E-state index in [0.29, 0.717) is 24.2 Å². The summed E-state index contributed by atoms with van der Waals surface area (Å²) in [6, 6.07) is 8.15. The normalized spacial score (nSPS) is 12.7. The summed E-state index contributed by atoms with van der Waals surface area (Å²) in [6.07, 6.45) is 1.60. The van der Waals surface area contributed by atoms with Gasteiger partial charge in [0.2, 0.25) is 5.82 Å². The molecule has 0 saturated heterocycles. The van der Waals surface area contributed by atoms with Gasteiger partial charge in [-0.2, -0.15) is 4.80 Å².